The number of rotatable bonds is 3. The fourth-order valence-electron chi connectivity index (χ4n) is 2.16. The standard InChI is InChI=1S/C12H17NO3S/c1-16-12(15)10-8-13(5-4-11(10)14)7-9-3-2-6-17-9/h2-3,6,10-11,14H,4-5,7-8H2,1H3/t10-,11+/m0/s1. The molecule has 2 heterocycles. The smallest absolute Gasteiger partial charge is 0.312 e. The molecular formula is C12H17NO3S. The number of methoxy groups -OCH3 is 1. The summed E-state index contributed by atoms with van der Waals surface area (Å²) in [6, 6.07) is 4.11. The molecule has 1 aromatic heterocycles. The van der Waals surface area contributed by atoms with Crippen molar-refractivity contribution >= 4 is 17.3 Å². The third-order valence-corrected chi connectivity index (χ3v) is 3.99. The third kappa shape index (κ3) is 3.06. The van der Waals surface area contributed by atoms with Crippen LogP contribution < -0.4 is 0 Å². The second kappa shape index (κ2) is 5.62. The fourth-order valence-corrected chi connectivity index (χ4v) is 2.90. The first-order chi connectivity index (χ1) is 8.20. The summed E-state index contributed by atoms with van der Waals surface area (Å²) < 4.78 is 4.72. The summed E-state index contributed by atoms with van der Waals surface area (Å²) in [5, 5.41) is 11.8. The van der Waals surface area contributed by atoms with Crippen LogP contribution in [0.25, 0.3) is 0 Å². The minimum absolute atomic E-state index is 0.312. The van der Waals surface area contributed by atoms with Crippen molar-refractivity contribution in [3.63, 3.8) is 0 Å². The van der Waals surface area contributed by atoms with Crippen LogP contribution in [0.3, 0.4) is 0 Å². The van der Waals surface area contributed by atoms with Gasteiger partial charge >= 0.3 is 5.97 Å². The Hall–Kier alpha value is -0.910. The van der Waals surface area contributed by atoms with Crippen LogP contribution >= 0.6 is 11.3 Å². The molecule has 17 heavy (non-hydrogen) atoms. The number of hydrogen-bond donors (Lipinski definition) is 1. The Labute approximate surface area is 105 Å². The van der Waals surface area contributed by atoms with Crippen molar-refractivity contribution in [2.45, 2.75) is 19.1 Å². The van der Waals surface area contributed by atoms with Gasteiger partial charge in [-0.2, -0.15) is 0 Å². The van der Waals surface area contributed by atoms with Crippen LogP contribution in [0.15, 0.2) is 17.5 Å². The number of hydrogen-bond acceptors (Lipinski definition) is 5. The third-order valence-electron chi connectivity index (χ3n) is 3.12. The van der Waals surface area contributed by atoms with Gasteiger partial charge in [-0.15, -0.1) is 11.3 Å². The summed E-state index contributed by atoms with van der Waals surface area (Å²) >= 11 is 1.71. The van der Waals surface area contributed by atoms with E-state index in [0.717, 1.165) is 13.1 Å². The van der Waals surface area contributed by atoms with Crippen molar-refractivity contribution in [1.82, 2.24) is 4.90 Å². The van der Waals surface area contributed by atoms with Gasteiger partial charge in [0.05, 0.1) is 19.1 Å². The lowest BCUT2D eigenvalue weighted by molar-refractivity contribution is -0.152. The summed E-state index contributed by atoms with van der Waals surface area (Å²) in [5.41, 5.74) is 0. The summed E-state index contributed by atoms with van der Waals surface area (Å²) in [5.74, 6) is -0.720. The van der Waals surface area contributed by atoms with E-state index in [4.69, 9.17) is 4.74 Å². The van der Waals surface area contributed by atoms with E-state index in [1.54, 1.807) is 11.3 Å². The van der Waals surface area contributed by atoms with E-state index in [-0.39, 0.29) is 5.97 Å². The maximum Gasteiger partial charge on any atom is 0.312 e. The van der Waals surface area contributed by atoms with E-state index in [1.807, 2.05) is 11.4 Å². The average Bonchev–Trinajstić information content (AvgIpc) is 2.83. The van der Waals surface area contributed by atoms with Crippen molar-refractivity contribution in [1.29, 1.82) is 0 Å². The first-order valence-electron chi connectivity index (χ1n) is 5.71. The Morgan fingerprint density at radius 2 is 2.53 bits per heavy atom. The molecule has 1 saturated heterocycles. The molecule has 1 aliphatic heterocycles. The van der Waals surface area contributed by atoms with Gasteiger partial charge in [-0.25, -0.2) is 0 Å². The van der Waals surface area contributed by atoms with Gasteiger partial charge in [-0.1, -0.05) is 6.07 Å². The molecule has 1 aliphatic rings. The van der Waals surface area contributed by atoms with E-state index < -0.39 is 12.0 Å². The Kier molecular flexibility index (Phi) is 4.15. The zero-order valence-electron chi connectivity index (χ0n) is 9.83. The predicted molar refractivity (Wildman–Crippen MR) is 65.7 cm³/mol. The maximum atomic E-state index is 11.5. The monoisotopic (exact) mass is 255 g/mol. The summed E-state index contributed by atoms with van der Waals surface area (Å²) in [4.78, 5) is 15.0. The fraction of sp³-hybridized carbons (Fsp3) is 0.583. The molecule has 2 rings (SSSR count). The number of carbonyl (C=O) groups excluding carboxylic acids is 1. The van der Waals surface area contributed by atoms with Crippen LogP contribution in [-0.2, 0) is 16.1 Å². The van der Waals surface area contributed by atoms with Crippen LogP contribution in [-0.4, -0.2) is 42.3 Å². The lowest BCUT2D eigenvalue weighted by Gasteiger charge is -2.34. The van der Waals surface area contributed by atoms with E-state index in [1.165, 1.54) is 12.0 Å². The summed E-state index contributed by atoms with van der Waals surface area (Å²) in [6.07, 6.45) is 0.0625. The first kappa shape index (κ1) is 12.5. The van der Waals surface area contributed by atoms with Crippen LogP contribution in [0.1, 0.15) is 11.3 Å². The highest BCUT2D eigenvalue weighted by molar-refractivity contribution is 7.09. The van der Waals surface area contributed by atoms with Gasteiger partial charge in [0.25, 0.3) is 0 Å². The molecule has 1 N–H and O–H groups in total. The number of nitrogens with zero attached hydrogens (tertiary/aromatic N) is 1. The predicted octanol–water partition coefficient (Wildman–Crippen LogP) is 1.10. The first-order valence-corrected chi connectivity index (χ1v) is 6.59. The topological polar surface area (TPSA) is 49.8 Å². The molecule has 94 valence electrons. The zero-order valence-corrected chi connectivity index (χ0v) is 10.7. The van der Waals surface area contributed by atoms with Crippen molar-refractivity contribution in [3.05, 3.63) is 22.4 Å². The van der Waals surface area contributed by atoms with Gasteiger partial charge < -0.3 is 9.84 Å². The number of ether oxygens (including phenoxy) is 1. The molecule has 4 nitrogen and oxygen atoms in total. The van der Waals surface area contributed by atoms with Gasteiger partial charge in [0.15, 0.2) is 0 Å². The molecule has 1 fully saturated rings. The van der Waals surface area contributed by atoms with Crippen molar-refractivity contribution in [2.24, 2.45) is 5.92 Å². The van der Waals surface area contributed by atoms with Gasteiger partial charge in [0.2, 0.25) is 0 Å². The molecule has 5 heteroatoms. The molecule has 2 atom stereocenters. The number of carbonyl (C=O) groups is 1. The molecule has 0 spiro atoms. The van der Waals surface area contributed by atoms with Crippen molar-refractivity contribution in [2.75, 3.05) is 20.2 Å². The second-order valence-electron chi connectivity index (χ2n) is 4.30. The summed E-state index contributed by atoms with van der Waals surface area (Å²) in [7, 11) is 1.37. The molecule has 1 aromatic rings. The Bertz CT molecular complexity index is 366. The van der Waals surface area contributed by atoms with Gasteiger partial charge in [-0.3, -0.25) is 9.69 Å². The van der Waals surface area contributed by atoms with E-state index in [2.05, 4.69) is 11.0 Å². The molecular weight excluding hydrogens is 238 g/mol. The van der Waals surface area contributed by atoms with Crippen LogP contribution in [0, 0.1) is 5.92 Å². The number of aliphatic hydroxyl groups is 1. The van der Waals surface area contributed by atoms with E-state index in [0.29, 0.717) is 13.0 Å². The zero-order chi connectivity index (χ0) is 12.3. The quantitative estimate of drug-likeness (QED) is 0.822. The van der Waals surface area contributed by atoms with Gasteiger partial charge in [0, 0.05) is 24.5 Å². The maximum absolute atomic E-state index is 11.5. The van der Waals surface area contributed by atoms with Crippen molar-refractivity contribution in [3.8, 4) is 0 Å². The SMILES string of the molecule is COC(=O)[C@H]1CN(Cc2cccs2)CC[C@H]1O. The highest BCUT2D eigenvalue weighted by Gasteiger charge is 2.33. The number of thiophene rings is 1. The Morgan fingerprint density at radius 3 is 3.18 bits per heavy atom. The van der Waals surface area contributed by atoms with Crippen LogP contribution in [0.2, 0.25) is 0 Å². The lowest BCUT2D eigenvalue weighted by Crippen LogP contribution is -2.46. The largest absolute Gasteiger partial charge is 0.469 e. The highest BCUT2D eigenvalue weighted by atomic mass is 32.1. The molecule has 0 amide bonds. The average molecular weight is 255 g/mol. The lowest BCUT2D eigenvalue weighted by atomic mass is 9.95. The van der Waals surface area contributed by atoms with Gasteiger partial charge in [0.1, 0.15) is 0 Å². The molecule has 0 unspecified atom stereocenters. The number of piperidine rings is 1. The second-order valence-corrected chi connectivity index (χ2v) is 5.33. The highest BCUT2D eigenvalue weighted by Crippen LogP contribution is 2.21. The minimum atomic E-state index is -0.568. The number of aliphatic hydroxyl groups excluding tert-OH is 1. The molecule has 0 saturated carbocycles. The van der Waals surface area contributed by atoms with E-state index >= 15 is 0 Å². The molecule has 0 aromatic carbocycles. The number of esters is 1. The minimum Gasteiger partial charge on any atom is -0.469 e. The van der Waals surface area contributed by atoms with Gasteiger partial charge in [-0.05, 0) is 17.9 Å². The number of likely N-dealkylation sites (tertiary alicyclic amines) is 1. The normalized spacial score (nSPS) is 25.8. The van der Waals surface area contributed by atoms with Crippen LogP contribution in [0.4, 0.5) is 0 Å². The molecule has 0 radical (unpaired) electrons. The van der Waals surface area contributed by atoms with E-state index in [9.17, 15) is 9.90 Å². The van der Waals surface area contributed by atoms with Crippen LogP contribution in [0.5, 0.6) is 0 Å². The van der Waals surface area contributed by atoms with Crippen molar-refractivity contribution < 1.29 is 14.6 Å². The molecule has 0 aliphatic carbocycles. The Morgan fingerprint density at radius 1 is 1.71 bits per heavy atom. The Balaban J connectivity index is 1.95. The summed E-state index contributed by atoms with van der Waals surface area (Å²) in [6.45, 7) is 2.25. The molecule has 0 bridgehead atoms.